The summed E-state index contributed by atoms with van der Waals surface area (Å²) in [6, 6.07) is 3.24. The monoisotopic (exact) mass is 378 g/mol. The van der Waals surface area contributed by atoms with Gasteiger partial charge in [0.15, 0.2) is 17.2 Å². The second-order valence-corrected chi connectivity index (χ2v) is 5.78. The van der Waals surface area contributed by atoms with Gasteiger partial charge in [-0.25, -0.2) is 4.79 Å². The number of hydrogen-bond donors (Lipinski definition) is 0. The molecule has 0 spiro atoms. The number of likely N-dealkylation sites (N-methyl/N-ethyl adjacent to an activating group) is 1. The quantitative estimate of drug-likeness (QED) is 0.702. The van der Waals surface area contributed by atoms with Crippen LogP contribution >= 0.6 is 0 Å². The number of rotatable bonds is 8. The summed E-state index contributed by atoms with van der Waals surface area (Å²) in [5.74, 6) is 1.17. The molecule has 0 saturated heterocycles. The lowest BCUT2D eigenvalue weighted by molar-refractivity contribution is 0.126. The maximum Gasteiger partial charge on any atom is 0.415 e. The third kappa shape index (κ3) is 4.33. The van der Waals surface area contributed by atoms with Crippen molar-refractivity contribution in [3.63, 3.8) is 0 Å². The molecule has 2 aromatic rings. The first kappa shape index (κ1) is 20.6. The third-order valence-corrected chi connectivity index (χ3v) is 4.30. The molecule has 1 heterocycles. The van der Waals surface area contributed by atoms with Gasteiger partial charge in [0, 0.05) is 32.1 Å². The Kier molecular flexibility index (Phi) is 7.06. The normalized spacial score (nSPS) is 10.7. The van der Waals surface area contributed by atoms with Gasteiger partial charge in [-0.15, -0.1) is 0 Å². The van der Waals surface area contributed by atoms with Crippen LogP contribution in [0.15, 0.2) is 23.1 Å². The summed E-state index contributed by atoms with van der Waals surface area (Å²) in [6.45, 7) is 5.43. The summed E-state index contributed by atoms with van der Waals surface area (Å²) in [5.41, 5.74) is -0.194. The summed E-state index contributed by atoms with van der Waals surface area (Å²) in [4.78, 5) is 26.8. The van der Waals surface area contributed by atoms with Crippen molar-refractivity contribution in [1.29, 1.82) is 0 Å². The van der Waals surface area contributed by atoms with Crippen LogP contribution in [0.25, 0.3) is 10.8 Å². The molecule has 0 unspecified atom stereocenters. The topological polar surface area (TPSA) is 79.2 Å². The minimum Gasteiger partial charge on any atom is -0.493 e. The first-order chi connectivity index (χ1) is 13.0. The second kappa shape index (κ2) is 9.27. The second-order valence-electron chi connectivity index (χ2n) is 5.78. The van der Waals surface area contributed by atoms with Crippen LogP contribution in [0.5, 0.6) is 17.2 Å². The van der Waals surface area contributed by atoms with E-state index in [1.165, 1.54) is 23.7 Å². The lowest BCUT2D eigenvalue weighted by Gasteiger charge is -2.21. The number of carbonyl (C=O) groups is 1. The Labute approximate surface area is 158 Å². The zero-order valence-corrected chi connectivity index (χ0v) is 16.4. The van der Waals surface area contributed by atoms with Crippen molar-refractivity contribution in [3.05, 3.63) is 28.7 Å². The van der Waals surface area contributed by atoms with E-state index in [4.69, 9.17) is 18.9 Å². The average molecular weight is 378 g/mol. The van der Waals surface area contributed by atoms with Crippen LogP contribution in [0.3, 0.4) is 0 Å². The van der Waals surface area contributed by atoms with Crippen LogP contribution in [-0.2, 0) is 11.3 Å². The number of pyridine rings is 1. The molecule has 0 bridgehead atoms. The number of amides is 1. The maximum absolute atomic E-state index is 12.7. The van der Waals surface area contributed by atoms with E-state index in [-0.39, 0.29) is 11.3 Å². The Balaban J connectivity index is 2.56. The third-order valence-electron chi connectivity index (χ3n) is 4.30. The van der Waals surface area contributed by atoms with E-state index in [0.29, 0.717) is 48.5 Å². The number of aryl methyl sites for hydroxylation is 1. The molecule has 0 N–H and O–H groups in total. The first-order valence-electron chi connectivity index (χ1n) is 8.75. The Morgan fingerprint density at radius 1 is 1.04 bits per heavy atom. The standard InChI is InChI=1S/C19H26N2O6/c1-6-20(8-9-24-3)19(23)27-17-12-21(7-2)18(22)14-11-16(26-5)15(25-4)10-13(14)17/h10-12H,6-9H2,1-5H3. The Morgan fingerprint density at radius 3 is 2.19 bits per heavy atom. The van der Waals surface area contributed by atoms with Crippen LogP contribution in [0.2, 0.25) is 0 Å². The number of carbonyl (C=O) groups excluding carboxylic acids is 1. The molecule has 8 heteroatoms. The van der Waals surface area contributed by atoms with E-state index < -0.39 is 6.09 Å². The fourth-order valence-electron chi connectivity index (χ4n) is 2.74. The summed E-state index contributed by atoms with van der Waals surface area (Å²) in [7, 11) is 4.58. The fraction of sp³-hybridized carbons (Fsp3) is 0.474. The van der Waals surface area contributed by atoms with Crippen molar-refractivity contribution in [2.75, 3.05) is 41.0 Å². The molecule has 27 heavy (non-hydrogen) atoms. The molecule has 148 valence electrons. The number of hydrogen-bond acceptors (Lipinski definition) is 6. The molecular formula is C19H26N2O6. The van der Waals surface area contributed by atoms with Crippen molar-refractivity contribution in [3.8, 4) is 17.2 Å². The van der Waals surface area contributed by atoms with Crippen LogP contribution < -0.4 is 19.8 Å². The van der Waals surface area contributed by atoms with Crippen molar-refractivity contribution in [2.24, 2.45) is 0 Å². The van der Waals surface area contributed by atoms with Gasteiger partial charge in [0.1, 0.15) is 0 Å². The highest BCUT2D eigenvalue weighted by molar-refractivity contribution is 5.92. The largest absolute Gasteiger partial charge is 0.493 e. The molecule has 0 aliphatic carbocycles. The Hall–Kier alpha value is -2.74. The average Bonchev–Trinajstić information content (AvgIpc) is 2.69. The number of ether oxygens (including phenoxy) is 4. The van der Waals surface area contributed by atoms with Crippen molar-refractivity contribution in [1.82, 2.24) is 9.47 Å². The highest BCUT2D eigenvalue weighted by Crippen LogP contribution is 2.35. The van der Waals surface area contributed by atoms with Gasteiger partial charge >= 0.3 is 6.09 Å². The van der Waals surface area contributed by atoms with Crippen molar-refractivity contribution >= 4 is 16.9 Å². The molecule has 0 fully saturated rings. The summed E-state index contributed by atoms with van der Waals surface area (Å²) in [5, 5.41) is 0.873. The predicted molar refractivity (Wildman–Crippen MR) is 102 cm³/mol. The number of fused-ring (bicyclic) bond motifs is 1. The lowest BCUT2D eigenvalue weighted by atomic mass is 10.1. The molecule has 2 rings (SSSR count). The van der Waals surface area contributed by atoms with Gasteiger partial charge in [-0.3, -0.25) is 4.79 Å². The van der Waals surface area contributed by atoms with Gasteiger partial charge in [-0.05, 0) is 26.0 Å². The van der Waals surface area contributed by atoms with Gasteiger partial charge in [-0.2, -0.15) is 0 Å². The summed E-state index contributed by atoms with van der Waals surface area (Å²) < 4.78 is 22.8. The molecule has 0 aliphatic heterocycles. The van der Waals surface area contributed by atoms with Gasteiger partial charge < -0.3 is 28.4 Å². The number of aromatic nitrogens is 1. The molecule has 1 aromatic heterocycles. The minimum absolute atomic E-state index is 0.194. The smallest absolute Gasteiger partial charge is 0.415 e. The molecule has 0 atom stereocenters. The number of benzene rings is 1. The zero-order valence-electron chi connectivity index (χ0n) is 16.4. The Morgan fingerprint density at radius 2 is 1.67 bits per heavy atom. The molecular weight excluding hydrogens is 352 g/mol. The van der Waals surface area contributed by atoms with Crippen LogP contribution in [0.4, 0.5) is 4.79 Å². The van der Waals surface area contributed by atoms with Gasteiger partial charge in [0.25, 0.3) is 5.56 Å². The lowest BCUT2D eigenvalue weighted by Crippen LogP contribution is -2.36. The molecule has 0 saturated carbocycles. The first-order valence-corrected chi connectivity index (χ1v) is 8.75. The van der Waals surface area contributed by atoms with Crippen LogP contribution in [0.1, 0.15) is 13.8 Å². The van der Waals surface area contributed by atoms with E-state index in [9.17, 15) is 9.59 Å². The van der Waals surface area contributed by atoms with Gasteiger partial charge in [0.2, 0.25) is 0 Å². The van der Waals surface area contributed by atoms with Crippen LogP contribution in [-0.4, -0.2) is 56.6 Å². The van der Waals surface area contributed by atoms with E-state index >= 15 is 0 Å². The maximum atomic E-state index is 12.7. The highest BCUT2D eigenvalue weighted by Gasteiger charge is 2.19. The van der Waals surface area contributed by atoms with Gasteiger partial charge in [-0.1, -0.05) is 0 Å². The van der Waals surface area contributed by atoms with Crippen molar-refractivity contribution in [2.45, 2.75) is 20.4 Å². The van der Waals surface area contributed by atoms with E-state index in [2.05, 4.69) is 0 Å². The number of nitrogens with zero attached hydrogens (tertiary/aromatic N) is 2. The minimum atomic E-state index is -0.507. The van der Waals surface area contributed by atoms with Crippen LogP contribution in [0, 0.1) is 0 Å². The number of methoxy groups -OCH3 is 3. The van der Waals surface area contributed by atoms with Crippen molar-refractivity contribution < 1.29 is 23.7 Å². The molecule has 0 aliphatic rings. The summed E-state index contributed by atoms with van der Waals surface area (Å²) in [6.07, 6.45) is 1.03. The van der Waals surface area contributed by atoms with Gasteiger partial charge in [0.05, 0.1) is 32.4 Å². The highest BCUT2D eigenvalue weighted by atomic mass is 16.6. The zero-order chi connectivity index (χ0) is 20.0. The molecule has 8 nitrogen and oxygen atoms in total. The Bertz CT molecular complexity index is 861. The SMILES string of the molecule is CCN(CCOC)C(=O)Oc1cn(CC)c(=O)c2cc(OC)c(OC)cc12. The van der Waals surface area contributed by atoms with E-state index in [0.717, 1.165) is 0 Å². The molecule has 1 amide bonds. The summed E-state index contributed by atoms with van der Waals surface area (Å²) >= 11 is 0. The fourth-order valence-corrected chi connectivity index (χ4v) is 2.74. The molecule has 1 aromatic carbocycles. The molecule has 0 radical (unpaired) electrons. The predicted octanol–water partition coefficient (Wildman–Crippen LogP) is 2.51. The van der Waals surface area contributed by atoms with E-state index in [1.807, 2.05) is 13.8 Å². The van der Waals surface area contributed by atoms with E-state index in [1.54, 1.807) is 25.4 Å².